The molecule has 0 unspecified atom stereocenters. The highest BCUT2D eigenvalue weighted by Crippen LogP contribution is 2.27. The number of rotatable bonds is 8. The van der Waals surface area contributed by atoms with Crippen molar-refractivity contribution in [3.8, 4) is 5.75 Å². The third kappa shape index (κ3) is 4.62. The number of fused-ring (bicyclic) bond motifs is 1. The van der Waals surface area contributed by atoms with Gasteiger partial charge in [-0.1, -0.05) is 30.3 Å². The largest absolute Gasteiger partial charge is 0.489 e. The number of benzene rings is 3. The number of hydrogen-bond donors (Lipinski definition) is 2. The van der Waals surface area contributed by atoms with E-state index in [2.05, 4.69) is 4.98 Å². The zero-order valence-electron chi connectivity index (χ0n) is 17.3. The van der Waals surface area contributed by atoms with Gasteiger partial charge in [0.05, 0.1) is 0 Å². The minimum Gasteiger partial charge on any atom is -0.489 e. The number of aromatic amines is 1. The molecule has 0 saturated heterocycles. The van der Waals surface area contributed by atoms with Gasteiger partial charge < -0.3 is 9.72 Å². The summed E-state index contributed by atoms with van der Waals surface area (Å²) in [6.45, 7) is -0.0162. The molecule has 0 radical (unpaired) electrons. The Morgan fingerprint density at radius 3 is 2.18 bits per heavy atom. The fourth-order valence-electron chi connectivity index (χ4n) is 3.41. The van der Waals surface area contributed by atoms with Crippen molar-refractivity contribution in [2.75, 3.05) is 6.54 Å². The summed E-state index contributed by atoms with van der Waals surface area (Å²) in [6, 6.07) is 14.8. The summed E-state index contributed by atoms with van der Waals surface area (Å²) in [5, 5.41) is 0.723. The monoisotopic (exact) mass is 496 g/mol. The molecule has 0 atom stereocenters. The van der Waals surface area contributed by atoms with Crippen molar-refractivity contribution < 1.29 is 35.1 Å². The smallest absolute Gasteiger partial charge is 0.246 e. The summed E-state index contributed by atoms with van der Waals surface area (Å²) in [5.74, 6) is -11.4. The number of sulfonamides is 1. The second kappa shape index (κ2) is 9.43. The van der Waals surface area contributed by atoms with Crippen LogP contribution in [0.4, 0.5) is 22.0 Å². The zero-order valence-corrected chi connectivity index (χ0v) is 18.2. The summed E-state index contributed by atoms with van der Waals surface area (Å²) in [7, 11) is -5.02. The highest BCUT2D eigenvalue weighted by Gasteiger charge is 2.33. The van der Waals surface area contributed by atoms with Gasteiger partial charge in [-0.15, -0.1) is 0 Å². The lowest BCUT2D eigenvalue weighted by Crippen LogP contribution is -2.28. The van der Waals surface area contributed by atoms with E-state index < -0.39 is 44.0 Å². The van der Waals surface area contributed by atoms with Gasteiger partial charge in [0.25, 0.3) is 0 Å². The van der Waals surface area contributed by atoms with Crippen LogP contribution in [0.15, 0.2) is 59.6 Å². The number of ether oxygens (including phenoxy) is 1. The minimum absolute atomic E-state index is 0.0662. The maximum atomic E-state index is 13.9. The molecule has 4 rings (SSSR count). The fraction of sp³-hybridized carbons (Fsp3) is 0.130. The highest BCUT2D eigenvalue weighted by atomic mass is 32.2. The van der Waals surface area contributed by atoms with E-state index in [1.54, 1.807) is 24.4 Å². The number of H-pyrrole nitrogens is 1. The molecular weight excluding hydrogens is 479 g/mol. The van der Waals surface area contributed by atoms with E-state index in [0.717, 1.165) is 16.5 Å². The first-order valence-corrected chi connectivity index (χ1v) is 11.4. The quantitative estimate of drug-likeness (QED) is 0.206. The molecule has 34 heavy (non-hydrogen) atoms. The Hall–Kier alpha value is -3.44. The third-order valence-corrected chi connectivity index (χ3v) is 6.59. The maximum absolute atomic E-state index is 13.9. The number of halogens is 5. The molecule has 0 fully saturated rings. The van der Waals surface area contributed by atoms with E-state index >= 15 is 0 Å². The lowest BCUT2D eigenvalue weighted by Gasteiger charge is -2.10. The fourth-order valence-corrected chi connectivity index (χ4v) is 4.57. The van der Waals surface area contributed by atoms with Gasteiger partial charge in [-0.2, -0.15) is 0 Å². The predicted molar refractivity (Wildman–Crippen MR) is 114 cm³/mol. The van der Waals surface area contributed by atoms with Gasteiger partial charge in [-0.05, 0) is 35.7 Å². The second-order valence-electron chi connectivity index (χ2n) is 7.34. The Kier molecular flexibility index (Phi) is 6.58. The van der Waals surface area contributed by atoms with Crippen LogP contribution in [0.3, 0.4) is 0 Å². The Balaban J connectivity index is 1.49. The van der Waals surface area contributed by atoms with Crippen molar-refractivity contribution in [1.29, 1.82) is 0 Å². The first kappa shape index (κ1) is 23.7. The van der Waals surface area contributed by atoms with Crippen LogP contribution in [-0.4, -0.2) is 19.9 Å². The summed E-state index contributed by atoms with van der Waals surface area (Å²) in [4.78, 5) is 1.10. The van der Waals surface area contributed by atoms with E-state index in [-0.39, 0.29) is 13.0 Å². The van der Waals surface area contributed by atoms with Crippen molar-refractivity contribution in [2.45, 2.75) is 17.9 Å². The summed E-state index contributed by atoms with van der Waals surface area (Å²) < 4.78 is 100.0. The molecule has 178 valence electrons. The van der Waals surface area contributed by atoms with E-state index in [0.29, 0.717) is 17.9 Å². The normalized spacial score (nSPS) is 11.8. The molecule has 0 aliphatic heterocycles. The van der Waals surface area contributed by atoms with Gasteiger partial charge in [-0.25, -0.2) is 35.1 Å². The molecule has 0 aliphatic rings. The molecule has 0 aliphatic carbocycles. The van der Waals surface area contributed by atoms with Crippen molar-refractivity contribution in [3.05, 3.63) is 94.9 Å². The van der Waals surface area contributed by atoms with Gasteiger partial charge in [-0.3, -0.25) is 0 Å². The number of nitrogens with one attached hydrogen (secondary N) is 2. The van der Waals surface area contributed by atoms with Gasteiger partial charge in [0.1, 0.15) is 12.4 Å². The van der Waals surface area contributed by atoms with Crippen LogP contribution in [0.2, 0.25) is 0 Å². The molecule has 11 heteroatoms. The third-order valence-electron chi connectivity index (χ3n) is 5.11. The van der Waals surface area contributed by atoms with Gasteiger partial charge in [0, 0.05) is 23.6 Å². The van der Waals surface area contributed by atoms with Crippen molar-refractivity contribution in [3.63, 3.8) is 0 Å². The van der Waals surface area contributed by atoms with Crippen LogP contribution in [0.5, 0.6) is 5.75 Å². The summed E-state index contributed by atoms with van der Waals surface area (Å²) in [6.07, 6.45) is 1.69. The minimum atomic E-state index is -5.02. The lowest BCUT2D eigenvalue weighted by atomic mass is 10.1. The Morgan fingerprint density at radius 2 is 1.50 bits per heavy atom. The Bertz CT molecular complexity index is 1430. The summed E-state index contributed by atoms with van der Waals surface area (Å²) >= 11 is 0. The first-order valence-electron chi connectivity index (χ1n) is 9.97. The number of hydrogen-bond acceptors (Lipinski definition) is 3. The van der Waals surface area contributed by atoms with Gasteiger partial charge >= 0.3 is 0 Å². The van der Waals surface area contributed by atoms with E-state index in [9.17, 15) is 30.4 Å². The van der Waals surface area contributed by atoms with Crippen molar-refractivity contribution in [1.82, 2.24) is 9.71 Å². The van der Waals surface area contributed by atoms with Crippen LogP contribution in [-0.2, 0) is 23.1 Å². The molecule has 1 aromatic heterocycles. The van der Waals surface area contributed by atoms with Crippen molar-refractivity contribution in [2.24, 2.45) is 0 Å². The lowest BCUT2D eigenvalue weighted by molar-refractivity contribution is 0.306. The van der Waals surface area contributed by atoms with Gasteiger partial charge in [0.15, 0.2) is 28.2 Å². The maximum Gasteiger partial charge on any atom is 0.246 e. The van der Waals surface area contributed by atoms with Crippen LogP contribution in [0.1, 0.15) is 11.1 Å². The zero-order chi connectivity index (χ0) is 24.5. The molecule has 2 N–H and O–H groups in total. The standard InChI is InChI=1S/C23H17F5N2O3S/c24-18-19(25)21(27)23(22(28)20(18)26)34(31,32)30-9-8-14-11-29-17-7-6-15(10-16(14)17)33-12-13-4-2-1-3-5-13/h1-7,10-11,29-30H,8-9,12H2. The SMILES string of the molecule is O=S(=O)(NCCc1c[nH]c2ccc(OCc3ccccc3)cc12)c1c(F)c(F)c(F)c(F)c1F. The topological polar surface area (TPSA) is 71.2 Å². The van der Waals surface area contributed by atoms with Crippen LogP contribution < -0.4 is 9.46 Å². The average Bonchev–Trinajstić information content (AvgIpc) is 3.23. The molecule has 5 nitrogen and oxygen atoms in total. The molecular formula is C23H17F5N2O3S. The second-order valence-corrected chi connectivity index (χ2v) is 9.05. The van der Waals surface area contributed by atoms with Crippen LogP contribution >= 0.6 is 0 Å². The van der Waals surface area contributed by atoms with E-state index in [1.807, 2.05) is 35.1 Å². The molecule has 4 aromatic rings. The van der Waals surface area contributed by atoms with Crippen LogP contribution in [0, 0.1) is 29.1 Å². The number of aromatic nitrogens is 1. The molecule has 3 aromatic carbocycles. The molecule has 0 spiro atoms. The molecule has 0 saturated carbocycles. The first-order chi connectivity index (χ1) is 16.2. The summed E-state index contributed by atoms with van der Waals surface area (Å²) in [5.41, 5.74) is 2.37. The molecule has 1 heterocycles. The van der Waals surface area contributed by atoms with Gasteiger partial charge in [0.2, 0.25) is 15.8 Å². The Morgan fingerprint density at radius 1 is 0.853 bits per heavy atom. The highest BCUT2D eigenvalue weighted by molar-refractivity contribution is 7.89. The molecule has 0 bridgehead atoms. The van der Waals surface area contributed by atoms with Crippen molar-refractivity contribution >= 4 is 20.9 Å². The average molecular weight is 496 g/mol. The van der Waals surface area contributed by atoms with E-state index in [1.165, 1.54) is 0 Å². The van der Waals surface area contributed by atoms with Crippen LogP contribution in [0.25, 0.3) is 10.9 Å². The Labute approximate surface area is 191 Å². The van der Waals surface area contributed by atoms with E-state index in [4.69, 9.17) is 4.74 Å². The molecule has 0 amide bonds. The predicted octanol–water partition coefficient (Wildman–Crippen LogP) is 4.96.